The van der Waals surface area contributed by atoms with E-state index in [2.05, 4.69) is 5.32 Å². The third-order valence-corrected chi connectivity index (χ3v) is 9.86. The van der Waals surface area contributed by atoms with Gasteiger partial charge in [0.05, 0.1) is 22.7 Å². The predicted molar refractivity (Wildman–Crippen MR) is 183 cm³/mol. The lowest BCUT2D eigenvalue weighted by molar-refractivity contribution is -0.140. The monoisotopic (exact) mass is 661 g/mol. The number of hydrogen-bond donors (Lipinski definition) is 1. The third kappa shape index (κ3) is 8.68. The van der Waals surface area contributed by atoms with Crippen molar-refractivity contribution >= 4 is 39.1 Å². The van der Waals surface area contributed by atoms with Crippen LogP contribution in [0.15, 0.2) is 108 Å². The minimum absolute atomic E-state index is 0.0144. The largest absolute Gasteiger partial charge is 0.497 e. The van der Waals surface area contributed by atoms with Gasteiger partial charge in [0.25, 0.3) is 10.0 Å². The van der Waals surface area contributed by atoms with E-state index in [0.717, 1.165) is 15.4 Å². The molecule has 4 aromatic carbocycles. The van der Waals surface area contributed by atoms with Crippen molar-refractivity contribution in [1.82, 2.24) is 10.2 Å². The normalized spacial score (nSPS) is 12.5. The first-order valence-electron chi connectivity index (χ1n) is 15.1. The first kappa shape index (κ1) is 34.5. The number of benzene rings is 4. The number of halogens is 1. The molecule has 46 heavy (non-hydrogen) atoms. The van der Waals surface area contributed by atoms with Crippen LogP contribution in [0.4, 0.5) is 5.69 Å². The van der Waals surface area contributed by atoms with Crippen LogP contribution in [0.2, 0.25) is 5.02 Å². The standard InChI is InChI=1S/C36H40ClN3O5S/c1-5-27(3)38-36(42)34(23-28-12-7-6-8-13-28)39(24-29-14-11-15-30(22-29)45-4)35(41)25-40(33-17-10-9-16-32(33)37)46(43,44)31-20-18-26(2)19-21-31/h6-22,27,34H,5,23-25H2,1-4H3,(H,38,42)/t27-,34+/m0/s1. The molecule has 4 rings (SSSR count). The molecule has 0 saturated carbocycles. The third-order valence-electron chi connectivity index (χ3n) is 7.77. The van der Waals surface area contributed by atoms with Crippen molar-refractivity contribution in [1.29, 1.82) is 0 Å². The van der Waals surface area contributed by atoms with E-state index < -0.39 is 28.5 Å². The molecule has 0 fully saturated rings. The van der Waals surface area contributed by atoms with Crippen LogP contribution < -0.4 is 14.4 Å². The molecule has 242 valence electrons. The highest BCUT2D eigenvalue weighted by Crippen LogP contribution is 2.31. The predicted octanol–water partition coefficient (Wildman–Crippen LogP) is 6.41. The number of methoxy groups -OCH3 is 1. The Morgan fingerprint density at radius 1 is 0.891 bits per heavy atom. The number of aryl methyl sites for hydroxylation is 1. The summed E-state index contributed by atoms with van der Waals surface area (Å²) in [7, 11) is -2.70. The molecule has 2 amide bonds. The number of anilines is 1. The summed E-state index contributed by atoms with van der Waals surface area (Å²) in [5, 5.41) is 3.21. The van der Waals surface area contributed by atoms with Crippen molar-refractivity contribution < 1.29 is 22.7 Å². The van der Waals surface area contributed by atoms with E-state index >= 15 is 0 Å². The number of carbonyl (C=O) groups excluding carboxylic acids is 2. The highest BCUT2D eigenvalue weighted by atomic mass is 35.5. The van der Waals surface area contributed by atoms with E-state index in [4.69, 9.17) is 16.3 Å². The maximum atomic E-state index is 14.6. The summed E-state index contributed by atoms with van der Waals surface area (Å²) in [5.41, 5.74) is 2.61. The Balaban J connectivity index is 1.83. The van der Waals surface area contributed by atoms with Gasteiger partial charge in [0.15, 0.2) is 0 Å². The number of hydrogen-bond acceptors (Lipinski definition) is 5. The van der Waals surface area contributed by atoms with E-state index in [0.29, 0.717) is 17.7 Å². The average molecular weight is 662 g/mol. The quantitative estimate of drug-likeness (QED) is 0.169. The SMILES string of the molecule is CC[C@H](C)NC(=O)[C@@H](Cc1ccccc1)N(Cc1cccc(OC)c1)C(=O)CN(c1ccccc1Cl)S(=O)(=O)c1ccc(C)cc1. The maximum absolute atomic E-state index is 14.6. The van der Waals surface area contributed by atoms with Gasteiger partial charge in [-0.2, -0.15) is 0 Å². The number of ether oxygens (including phenoxy) is 1. The Hall–Kier alpha value is -4.34. The lowest BCUT2D eigenvalue weighted by Gasteiger charge is -2.34. The summed E-state index contributed by atoms with van der Waals surface area (Å²) in [4.78, 5) is 30.0. The molecular weight excluding hydrogens is 622 g/mol. The topological polar surface area (TPSA) is 96.0 Å². The van der Waals surface area contributed by atoms with Crippen LogP contribution in [0, 0.1) is 6.92 Å². The first-order chi connectivity index (χ1) is 22.0. The molecule has 0 aliphatic carbocycles. The number of nitrogens with one attached hydrogen (secondary N) is 1. The van der Waals surface area contributed by atoms with Crippen molar-refractivity contribution in [3.8, 4) is 5.75 Å². The molecule has 0 aliphatic rings. The van der Waals surface area contributed by atoms with Gasteiger partial charge >= 0.3 is 0 Å². The molecule has 0 spiro atoms. The molecule has 0 aromatic heterocycles. The van der Waals surface area contributed by atoms with Gasteiger partial charge in [0.1, 0.15) is 18.3 Å². The second kappa shape index (κ2) is 15.8. The Morgan fingerprint density at radius 3 is 2.20 bits per heavy atom. The fourth-order valence-corrected chi connectivity index (χ4v) is 6.69. The van der Waals surface area contributed by atoms with E-state index in [-0.39, 0.29) is 40.5 Å². The zero-order chi connectivity index (χ0) is 33.3. The fraction of sp³-hybridized carbons (Fsp3) is 0.278. The summed E-state index contributed by atoms with van der Waals surface area (Å²) < 4.78 is 34.8. The van der Waals surface area contributed by atoms with Gasteiger partial charge in [-0.25, -0.2) is 8.42 Å². The van der Waals surface area contributed by atoms with Crippen molar-refractivity contribution in [2.45, 2.75) is 57.1 Å². The highest BCUT2D eigenvalue weighted by Gasteiger charge is 2.35. The van der Waals surface area contributed by atoms with Crippen LogP contribution >= 0.6 is 11.6 Å². The Bertz CT molecular complexity index is 1730. The molecule has 0 radical (unpaired) electrons. The van der Waals surface area contributed by atoms with Gasteiger partial charge in [0, 0.05) is 19.0 Å². The molecule has 10 heteroatoms. The maximum Gasteiger partial charge on any atom is 0.264 e. The van der Waals surface area contributed by atoms with E-state index in [1.807, 2.05) is 57.2 Å². The molecule has 0 aliphatic heterocycles. The van der Waals surface area contributed by atoms with Crippen LogP contribution in [-0.2, 0) is 32.6 Å². The molecule has 2 atom stereocenters. The van der Waals surface area contributed by atoms with Gasteiger partial charge < -0.3 is 15.0 Å². The van der Waals surface area contributed by atoms with Crippen molar-refractivity contribution in [2.24, 2.45) is 0 Å². The number of sulfonamides is 1. The molecule has 0 saturated heterocycles. The summed E-state index contributed by atoms with van der Waals surface area (Å²) >= 11 is 6.55. The smallest absolute Gasteiger partial charge is 0.264 e. The second-order valence-corrected chi connectivity index (χ2v) is 13.4. The number of rotatable bonds is 14. The molecular formula is C36H40ClN3O5S. The van der Waals surface area contributed by atoms with Crippen molar-refractivity contribution in [2.75, 3.05) is 18.0 Å². The van der Waals surface area contributed by atoms with Crippen LogP contribution in [0.5, 0.6) is 5.75 Å². The van der Waals surface area contributed by atoms with Gasteiger partial charge in [-0.15, -0.1) is 0 Å². The molecule has 0 heterocycles. The molecule has 0 unspecified atom stereocenters. The fourth-order valence-electron chi connectivity index (χ4n) is 4.97. The highest BCUT2D eigenvalue weighted by molar-refractivity contribution is 7.92. The van der Waals surface area contributed by atoms with Gasteiger partial charge in [-0.05, 0) is 67.8 Å². The summed E-state index contributed by atoms with van der Waals surface area (Å²) in [5.74, 6) is -0.313. The van der Waals surface area contributed by atoms with Crippen molar-refractivity contribution in [3.63, 3.8) is 0 Å². The molecule has 0 bridgehead atoms. The Morgan fingerprint density at radius 2 is 1.54 bits per heavy atom. The Labute approximate surface area is 277 Å². The summed E-state index contributed by atoms with van der Waals surface area (Å²) in [6.45, 7) is 5.17. The summed E-state index contributed by atoms with van der Waals surface area (Å²) in [6, 6.07) is 28.5. The van der Waals surface area contributed by atoms with Gasteiger partial charge in [-0.1, -0.05) is 90.8 Å². The number of carbonyl (C=O) groups is 2. The molecule has 4 aromatic rings. The molecule has 8 nitrogen and oxygen atoms in total. The van der Waals surface area contributed by atoms with Crippen LogP contribution in [-0.4, -0.2) is 50.9 Å². The van der Waals surface area contributed by atoms with E-state index in [9.17, 15) is 18.0 Å². The number of para-hydroxylation sites is 1. The summed E-state index contributed by atoms with van der Waals surface area (Å²) in [6.07, 6.45) is 0.915. The zero-order valence-corrected chi connectivity index (χ0v) is 28.1. The zero-order valence-electron chi connectivity index (χ0n) is 26.5. The van der Waals surface area contributed by atoms with Crippen LogP contribution in [0.3, 0.4) is 0 Å². The number of nitrogens with zero attached hydrogens (tertiary/aromatic N) is 2. The van der Waals surface area contributed by atoms with Crippen LogP contribution in [0.1, 0.15) is 37.0 Å². The van der Waals surface area contributed by atoms with Gasteiger partial charge in [0.2, 0.25) is 11.8 Å². The lowest BCUT2D eigenvalue weighted by atomic mass is 10.0. The number of amides is 2. The second-order valence-electron chi connectivity index (χ2n) is 11.2. The minimum Gasteiger partial charge on any atom is -0.497 e. The lowest BCUT2D eigenvalue weighted by Crippen LogP contribution is -2.54. The minimum atomic E-state index is -4.25. The molecule has 1 N–H and O–H groups in total. The van der Waals surface area contributed by atoms with E-state index in [1.165, 1.54) is 17.0 Å². The Kier molecular flexibility index (Phi) is 11.8. The first-order valence-corrected chi connectivity index (χ1v) is 17.0. The van der Waals surface area contributed by atoms with Crippen molar-refractivity contribution in [3.05, 3.63) is 125 Å². The van der Waals surface area contributed by atoms with E-state index in [1.54, 1.807) is 61.7 Å². The average Bonchev–Trinajstić information content (AvgIpc) is 3.06. The van der Waals surface area contributed by atoms with Crippen LogP contribution in [0.25, 0.3) is 0 Å². The van der Waals surface area contributed by atoms with Gasteiger partial charge in [-0.3, -0.25) is 13.9 Å².